The molecule has 1 unspecified atom stereocenters. The van der Waals surface area contributed by atoms with E-state index >= 15 is 0 Å². The van der Waals surface area contributed by atoms with E-state index in [2.05, 4.69) is 0 Å². The predicted octanol–water partition coefficient (Wildman–Crippen LogP) is 1.19. The molecule has 0 radical (unpaired) electrons. The van der Waals surface area contributed by atoms with Crippen molar-refractivity contribution in [2.75, 3.05) is 19.6 Å². The van der Waals surface area contributed by atoms with Gasteiger partial charge in [0.05, 0.1) is 12.0 Å². The summed E-state index contributed by atoms with van der Waals surface area (Å²) in [6, 6.07) is 0. The van der Waals surface area contributed by atoms with E-state index < -0.39 is 11.6 Å². The molecule has 0 aliphatic carbocycles. The van der Waals surface area contributed by atoms with Crippen LogP contribution in [0.4, 0.5) is 0 Å². The molecule has 0 saturated heterocycles. The molecule has 0 aromatic heterocycles. The normalized spacial score (nSPS) is 15.7. The third-order valence-corrected chi connectivity index (χ3v) is 2.88. The average molecular weight is 217 g/mol. The number of hydrogen-bond donors (Lipinski definition) is 2. The van der Waals surface area contributed by atoms with Crippen molar-refractivity contribution in [3.8, 4) is 0 Å². The number of rotatable bonds is 7. The van der Waals surface area contributed by atoms with Crippen LogP contribution in [0.3, 0.4) is 0 Å². The maximum absolute atomic E-state index is 10.4. The molecule has 0 spiro atoms. The molecule has 4 nitrogen and oxygen atoms in total. The molecule has 0 aromatic rings. The molecule has 0 aliphatic rings. The number of aliphatic hydroxyl groups is 1. The van der Waals surface area contributed by atoms with Crippen molar-refractivity contribution in [3.05, 3.63) is 0 Å². The summed E-state index contributed by atoms with van der Waals surface area (Å²) in [4.78, 5) is 12.4. The summed E-state index contributed by atoms with van der Waals surface area (Å²) in [6.07, 6.45) is 0.127. The Balaban J connectivity index is 4.14. The van der Waals surface area contributed by atoms with Crippen LogP contribution < -0.4 is 0 Å². The minimum Gasteiger partial charge on any atom is -0.481 e. The Morgan fingerprint density at radius 3 is 2.33 bits per heavy atom. The van der Waals surface area contributed by atoms with Gasteiger partial charge in [0.2, 0.25) is 0 Å². The monoisotopic (exact) mass is 217 g/mol. The minimum absolute atomic E-state index is 0.127. The average Bonchev–Trinajstić information content (AvgIpc) is 2.11. The Morgan fingerprint density at radius 1 is 1.47 bits per heavy atom. The molecule has 0 rings (SSSR count). The fraction of sp³-hybridized carbons (Fsp3) is 0.909. The van der Waals surface area contributed by atoms with Crippen molar-refractivity contribution in [2.45, 2.75) is 39.7 Å². The van der Waals surface area contributed by atoms with Gasteiger partial charge in [0.1, 0.15) is 0 Å². The Hall–Kier alpha value is -0.610. The zero-order valence-corrected chi connectivity index (χ0v) is 10.2. The summed E-state index contributed by atoms with van der Waals surface area (Å²) < 4.78 is 0. The van der Waals surface area contributed by atoms with Gasteiger partial charge in [0.25, 0.3) is 0 Å². The fourth-order valence-corrected chi connectivity index (χ4v) is 1.24. The van der Waals surface area contributed by atoms with Crippen LogP contribution in [0.25, 0.3) is 0 Å². The molecule has 4 heteroatoms. The molecule has 2 N–H and O–H groups in total. The molecule has 0 amide bonds. The van der Waals surface area contributed by atoms with E-state index in [-0.39, 0.29) is 12.3 Å². The second kappa shape index (κ2) is 6.08. The van der Waals surface area contributed by atoms with Crippen LogP contribution in [-0.4, -0.2) is 46.3 Å². The van der Waals surface area contributed by atoms with Gasteiger partial charge in [-0.2, -0.15) is 0 Å². The number of likely N-dealkylation sites (N-methyl/N-ethyl adjacent to an activating group) is 1. The van der Waals surface area contributed by atoms with Gasteiger partial charge in [-0.05, 0) is 19.4 Å². The number of carboxylic acids is 1. The quantitative estimate of drug-likeness (QED) is 0.672. The number of aliphatic carboxylic acids is 1. The largest absolute Gasteiger partial charge is 0.481 e. The second-order valence-electron chi connectivity index (χ2n) is 4.52. The third kappa shape index (κ3) is 5.74. The zero-order chi connectivity index (χ0) is 12.1. The van der Waals surface area contributed by atoms with Crippen LogP contribution >= 0.6 is 0 Å². The molecule has 0 heterocycles. The van der Waals surface area contributed by atoms with E-state index in [1.165, 1.54) is 0 Å². The molecule has 90 valence electrons. The maximum Gasteiger partial charge on any atom is 0.304 e. The smallest absolute Gasteiger partial charge is 0.304 e. The molecule has 0 fully saturated rings. The fourth-order valence-electron chi connectivity index (χ4n) is 1.24. The van der Waals surface area contributed by atoms with Crippen molar-refractivity contribution in [1.29, 1.82) is 0 Å². The molecule has 0 bridgehead atoms. The standard InChI is InChI=1S/C11H23NO3/c1-5-12(7-6-10(13)14)8-11(4,15)9(2)3/h9,15H,5-8H2,1-4H3,(H,13,14). The van der Waals surface area contributed by atoms with Crippen molar-refractivity contribution in [3.63, 3.8) is 0 Å². The number of hydrogen-bond acceptors (Lipinski definition) is 3. The van der Waals surface area contributed by atoms with Gasteiger partial charge in [-0.25, -0.2) is 0 Å². The molecule has 0 saturated carbocycles. The lowest BCUT2D eigenvalue weighted by atomic mass is 9.92. The first kappa shape index (κ1) is 14.4. The van der Waals surface area contributed by atoms with Gasteiger partial charge in [0.15, 0.2) is 0 Å². The summed E-state index contributed by atoms with van der Waals surface area (Å²) in [7, 11) is 0. The Bertz CT molecular complexity index is 202. The van der Waals surface area contributed by atoms with Crippen LogP contribution in [0.15, 0.2) is 0 Å². The number of carboxylic acid groups (broad SMARTS) is 1. The highest BCUT2D eigenvalue weighted by molar-refractivity contribution is 5.66. The van der Waals surface area contributed by atoms with E-state index in [1.54, 1.807) is 6.92 Å². The highest BCUT2D eigenvalue weighted by Gasteiger charge is 2.27. The summed E-state index contributed by atoms with van der Waals surface area (Å²) in [5.41, 5.74) is -0.755. The van der Waals surface area contributed by atoms with Crippen molar-refractivity contribution < 1.29 is 15.0 Å². The van der Waals surface area contributed by atoms with Gasteiger partial charge < -0.3 is 15.1 Å². The Labute approximate surface area is 91.9 Å². The van der Waals surface area contributed by atoms with Crippen LogP contribution in [0.2, 0.25) is 0 Å². The Morgan fingerprint density at radius 2 is 2.00 bits per heavy atom. The highest BCUT2D eigenvalue weighted by Crippen LogP contribution is 2.17. The lowest BCUT2D eigenvalue weighted by molar-refractivity contribution is -0.137. The number of nitrogens with zero attached hydrogens (tertiary/aromatic N) is 1. The van der Waals surface area contributed by atoms with Crippen LogP contribution in [-0.2, 0) is 4.79 Å². The predicted molar refractivity (Wildman–Crippen MR) is 59.8 cm³/mol. The van der Waals surface area contributed by atoms with Gasteiger partial charge in [0, 0.05) is 13.1 Å². The minimum atomic E-state index is -0.794. The van der Waals surface area contributed by atoms with E-state index in [9.17, 15) is 9.90 Å². The first-order valence-electron chi connectivity index (χ1n) is 5.46. The molecule has 1 atom stereocenters. The second-order valence-corrected chi connectivity index (χ2v) is 4.52. The van der Waals surface area contributed by atoms with Crippen molar-refractivity contribution in [2.24, 2.45) is 5.92 Å². The molecule has 15 heavy (non-hydrogen) atoms. The van der Waals surface area contributed by atoms with E-state index in [0.717, 1.165) is 6.54 Å². The van der Waals surface area contributed by atoms with Gasteiger partial charge >= 0.3 is 5.97 Å². The first-order valence-corrected chi connectivity index (χ1v) is 5.46. The summed E-state index contributed by atoms with van der Waals surface area (Å²) in [5.74, 6) is -0.631. The van der Waals surface area contributed by atoms with Crippen molar-refractivity contribution in [1.82, 2.24) is 4.90 Å². The number of carbonyl (C=O) groups is 1. The third-order valence-electron chi connectivity index (χ3n) is 2.88. The summed E-state index contributed by atoms with van der Waals surface area (Å²) in [6.45, 7) is 9.47. The maximum atomic E-state index is 10.4. The molecule has 0 aliphatic heterocycles. The van der Waals surface area contributed by atoms with Crippen LogP contribution in [0, 0.1) is 5.92 Å². The van der Waals surface area contributed by atoms with Crippen LogP contribution in [0.1, 0.15) is 34.1 Å². The zero-order valence-electron chi connectivity index (χ0n) is 10.2. The van der Waals surface area contributed by atoms with Crippen molar-refractivity contribution >= 4 is 5.97 Å². The Kier molecular flexibility index (Phi) is 5.83. The van der Waals surface area contributed by atoms with Gasteiger partial charge in [-0.3, -0.25) is 4.79 Å². The first-order chi connectivity index (χ1) is 6.79. The lowest BCUT2D eigenvalue weighted by Gasteiger charge is -2.33. The molecular weight excluding hydrogens is 194 g/mol. The van der Waals surface area contributed by atoms with Gasteiger partial charge in [-0.1, -0.05) is 20.8 Å². The molecular formula is C11H23NO3. The van der Waals surface area contributed by atoms with E-state index in [1.807, 2.05) is 25.7 Å². The molecule has 0 aromatic carbocycles. The van der Waals surface area contributed by atoms with Gasteiger partial charge in [-0.15, -0.1) is 0 Å². The lowest BCUT2D eigenvalue weighted by Crippen LogP contribution is -2.45. The highest BCUT2D eigenvalue weighted by atomic mass is 16.4. The van der Waals surface area contributed by atoms with Crippen LogP contribution in [0.5, 0.6) is 0 Å². The van der Waals surface area contributed by atoms with E-state index in [4.69, 9.17) is 5.11 Å². The summed E-state index contributed by atoms with van der Waals surface area (Å²) >= 11 is 0. The topological polar surface area (TPSA) is 60.8 Å². The summed E-state index contributed by atoms with van der Waals surface area (Å²) in [5, 5.41) is 18.6. The SMILES string of the molecule is CCN(CCC(=O)O)CC(C)(O)C(C)C. The van der Waals surface area contributed by atoms with E-state index in [0.29, 0.717) is 13.1 Å².